The van der Waals surface area contributed by atoms with Crippen molar-refractivity contribution in [2.24, 2.45) is 11.8 Å². The molecule has 0 saturated heterocycles. The maximum absolute atomic E-state index is 3.53. The Kier molecular flexibility index (Phi) is 4.86. The van der Waals surface area contributed by atoms with Crippen molar-refractivity contribution in [1.82, 2.24) is 5.32 Å². The Labute approximate surface area is 103 Å². The van der Waals surface area contributed by atoms with Crippen molar-refractivity contribution in [1.29, 1.82) is 0 Å². The molecule has 0 radical (unpaired) electrons. The van der Waals surface area contributed by atoms with Crippen molar-refractivity contribution in [2.75, 3.05) is 13.1 Å². The van der Waals surface area contributed by atoms with Gasteiger partial charge in [0.15, 0.2) is 0 Å². The molecule has 0 spiro atoms. The van der Waals surface area contributed by atoms with Crippen LogP contribution in [0.5, 0.6) is 0 Å². The van der Waals surface area contributed by atoms with E-state index in [4.69, 9.17) is 0 Å². The van der Waals surface area contributed by atoms with Crippen LogP contribution in [0.1, 0.15) is 38.2 Å². The largest absolute Gasteiger partial charge is 0.317 e. The molecule has 1 aromatic rings. The second-order valence-electron chi connectivity index (χ2n) is 4.95. The molecule has 1 saturated carbocycles. The van der Waals surface area contributed by atoms with Crippen molar-refractivity contribution >= 4 is 11.3 Å². The van der Waals surface area contributed by atoms with Gasteiger partial charge in [0.25, 0.3) is 0 Å². The zero-order valence-electron chi connectivity index (χ0n) is 10.2. The zero-order valence-corrected chi connectivity index (χ0v) is 11.1. The molecule has 2 rings (SSSR count). The van der Waals surface area contributed by atoms with E-state index in [0.29, 0.717) is 0 Å². The quantitative estimate of drug-likeness (QED) is 0.823. The number of nitrogens with one attached hydrogen (secondary N) is 1. The summed E-state index contributed by atoms with van der Waals surface area (Å²) >= 11 is 1.83. The van der Waals surface area contributed by atoms with Gasteiger partial charge in [0.1, 0.15) is 0 Å². The van der Waals surface area contributed by atoms with Crippen molar-refractivity contribution in [3.05, 3.63) is 22.4 Å². The fraction of sp³-hybridized carbons (Fsp3) is 0.714. The van der Waals surface area contributed by atoms with Crippen LogP contribution in [-0.4, -0.2) is 13.1 Å². The molecular weight excluding hydrogens is 214 g/mol. The summed E-state index contributed by atoms with van der Waals surface area (Å²) in [5, 5.41) is 8.05. The number of thiophene rings is 1. The highest BCUT2D eigenvalue weighted by molar-refractivity contribution is 7.07. The molecule has 1 aliphatic carbocycles. The monoisotopic (exact) mass is 237 g/mol. The Morgan fingerprint density at radius 2 is 2.12 bits per heavy atom. The van der Waals surface area contributed by atoms with E-state index < -0.39 is 0 Å². The van der Waals surface area contributed by atoms with Crippen LogP contribution in [0.3, 0.4) is 0 Å². The van der Waals surface area contributed by atoms with Crippen LogP contribution in [0, 0.1) is 11.8 Å². The molecule has 2 unspecified atom stereocenters. The summed E-state index contributed by atoms with van der Waals surface area (Å²) in [6.07, 6.45) is 7.06. The fourth-order valence-electron chi connectivity index (χ4n) is 2.86. The van der Waals surface area contributed by atoms with Gasteiger partial charge in [-0.3, -0.25) is 0 Å². The van der Waals surface area contributed by atoms with E-state index in [9.17, 15) is 0 Å². The summed E-state index contributed by atoms with van der Waals surface area (Å²) in [5.41, 5.74) is 1.55. The fourth-order valence-corrected chi connectivity index (χ4v) is 3.54. The predicted molar refractivity (Wildman–Crippen MR) is 72.0 cm³/mol. The van der Waals surface area contributed by atoms with Crippen molar-refractivity contribution in [2.45, 2.75) is 39.0 Å². The van der Waals surface area contributed by atoms with Crippen LogP contribution in [0.15, 0.2) is 16.8 Å². The molecule has 1 fully saturated rings. The van der Waals surface area contributed by atoms with Gasteiger partial charge in [-0.05, 0) is 66.6 Å². The van der Waals surface area contributed by atoms with E-state index in [1.807, 2.05) is 11.3 Å². The Balaban J connectivity index is 1.88. The molecule has 90 valence electrons. The Morgan fingerprint density at radius 1 is 1.31 bits per heavy atom. The minimum atomic E-state index is 0.911. The summed E-state index contributed by atoms with van der Waals surface area (Å²) in [6.45, 7) is 4.55. The lowest BCUT2D eigenvalue weighted by atomic mass is 9.76. The molecule has 0 aromatic carbocycles. The van der Waals surface area contributed by atoms with Crippen molar-refractivity contribution < 1.29 is 0 Å². The van der Waals surface area contributed by atoms with Crippen LogP contribution in [0.2, 0.25) is 0 Å². The van der Waals surface area contributed by atoms with Gasteiger partial charge in [0, 0.05) is 0 Å². The summed E-state index contributed by atoms with van der Waals surface area (Å²) in [7, 11) is 0. The van der Waals surface area contributed by atoms with Crippen molar-refractivity contribution in [3.63, 3.8) is 0 Å². The molecule has 16 heavy (non-hydrogen) atoms. The molecule has 2 atom stereocenters. The maximum atomic E-state index is 3.53. The highest BCUT2D eigenvalue weighted by Gasteiger charge is 2.24. The first-order valence-corrected chi connectivity index (χ1v) is 7.56. The normalized spacial score (nSPS) is 25.8. The van der Waals surface area contributed by atoms with E-state index in [1.165, 1.54) is 38.6 Å². The molecule has 0 amide bonds. The first kappa shape index (κ1) is 12.1. The molecule has 0 bridgehead atoms. The third kappa shape index (κ3) is 3.33. The van der Waals surface area contributed by atoms with Crippen LogP contribution >= 0.6 is 11.3 Å². The molecule has 1 aliphatic rings. The smallest absolute Gasteiger partial charge is 0.00179 e. The third-order valence-electron chi connectivity index (χ3n) is 3.80. The minimum Gasteiger partial charge on any atom is -0.317 e. The van der Waals surface area contributed by atoms with Gasteiger partial charge in [-0.2, -0.15) is 11.3 Å². The van der Waals surface area contributed by atoms with Crippen LogP contribution < -0.4 is 5.32 Å². The zero-order chi connectivity index (χ0) is 11.2. The second kappa shape index (κ2) is 6.41. The highest BCUT2D eigenvalue weighted by Crippen LogP contribution is 2.32. The Bertz CT molecular complexity index is 281. The van der Waals surface area contributed by atoms with Crippen LogP contribution in [0.25, 0.3) is 0 Å². The van der Waals surface area contributed by atoms with Gasteiger partial charge in [0.05, 0.1) is 0 Å². The number of rotatable bonds is 5. The molecular formula is C14H23NS. The molecule has 1 heterocycles. The summed E-state index contributed by atoms with van der Waals surface area (Å²) in [5.74, 6) is 1.83. The van der Waals surface area contributed by atoms with Gasteiger partial charge in [-0.1, -0.05) is 19.8 Å². The SMILES string of the molecule is CCNCC1CCCCC1Cc1ccsc1. The van der Waals surface area contributed by atoms with Gasteiger partial charge >= 0.3 is 0 Å². The Morgan fingerprint density at radius 3 is 2.81 bits per heavy atom. The van der Waals surface area contributed by atoms with E-state index in [-0.39, 0.29) is 0 Å². The van der Waals surface area contributed by atoms with Crippen LogP contribution in [-0.2, 0) is 6.42 Å². The average molecular weight is 237 g/mol. The number of hydrogen-bond acceptors (Lipinski definition) is 2. The van der Waals surface area contributed by atoms with E-state index in [2.05, 4.69) is 29.1 Å². The predicted octanol–water partition coefficient (Wildman–Crippen LogP) is 3.71. The van der Waals surface area contributed by atoms with Crippen molar-refractivity contribution in [3.8, 4) is 0 Å². The van der Waals surface area contributed by atoms with E-state index >= 15 is 0 Å². The average Bonchev–Trinajstić information content (AvgIpc) is 2.81. The van der Waals surface area contributed by atoms with Gasteiger partial charge in [-0.15, -0.1) is 0 Å². The first-order valence-electron chi connectivity index (χ1n) is 6.62. The maximum Gasteiger partial charge on any atom is -0.00179 e. The Hall–Kier alpha value is -0.340. The highest BCUT2D eigenvalue weighted by atomic mass is 32.1. The summed E-state index contributed by atoms with van der Waals surface area (Å²) in [4.78, 5) is 0. The molecule has 1 nitrogen and oxygen atoms in total. The lowest BCUT2D eigenvalue weighted by Crippen LogP contribution is -2.31. The summed E-state index contributed by atoms with van der Waals surface area (Å²) in [6, 6.07) is 2.30. The topological polar surface area (TPSA) is 12.0 Å². The lowest BCUT2D eigenvalue weighted by Gasteiger charge is -2.31. The van der Waals surface area contributed by atoms with E-state index in [1.54, 1.807) is 5.56 Å². The van der Waals surface area contributed by atoms with Gasteiger partial charge < -0.3 is 5.32 Å². The van der Waals surface area contributed by atoms with Gasteiger partial charge in [-0.25, -0.2) is 0 Å². The molecule has 1 N–H and O–H groups in total. The number of hydrogen-bond donors (Lipinski definition) is 1. The van der Waals surface area contributed by atoms with Gasteiger partial charge in [0.2, 0.25) is 0 Å². The van der Waals surface area contributed by atoms with E-state index in [0.717, 1.165) is 18.4 Å². The third-order valence-corrected chi connectivity index (χ3v) is 4.53. The molecule has 1 aromatic heterocycles. The molecule has 2 heteroatoms. The van der Waals surface area contributed by atoms with Crippen LogP contribution in [0.4, 0.5) is 0 Å². The first-order chi connectivity index (χ1) is 7.90. The lowest BCUT2D eigenvalue weighted by molar-refractivity contribution is 0.230. The minimum absolute atomic E-state index is 0.911. The summed E-state index contributed by atoms with van der Waals surface area (Å²) < 4.78 is 0. The standard InChI is InChI=1S/C14H23NS/c1-2-15-10-14-6-4-3-5-13(14)9-12-7-8-16-11-12/h7-8,11,13-15H,2-6,9-10H2,1H3. The second-order valence-corrected chi connectivity index (χ2v) is 5.73. The molecule has 0 aliphatic heterocycles.